The summed E-state index contributed by atoms with van der Waals surface area (Å²) in [6.07, 6.45) is 3.69. The van der Waals surface area contributed by atoms with Gasteiger partial charge in [-0.15, -0.1) is 0 Å². The Bertz CT molecular complexity index is 4130. The zero-order chi connectivity index (χ0) is 55.9. The number of benzene rings is 9. The quantitative estimate of drug-likeness (QED) is 0.121. The molecule has 394 valence electrons. The lowest BCUT2D eigenvalue weighted by atomic mass is 9.77. The van der Waals surface area contributed by atoms with Gasteiger partial charge in [-0.05, 0) is 58.1 Å². The molecule has 0 bridgehead atoms. The van der Waals surface area contributed by atoms with Crippen molar-refractivity contribution in [3.8, 4) is 90.2 Å². The Balaban J connectivity index is 0.000000163. The van der Waals surface area contributed by atoms with E-state index in [1.165, 1.54) is 27.8 Å². The van der Waals surface area contributed by atoms with Crippen molar-refractivity contribution in [1.29, 1.82) is 0 Å². The topological polar surface area (TPSA) is 77.3 Å². The van der Waals surface area contributed by atoms with Crippen LogP contribution in [0.4, 0.5) is 0 Å². The smallest absolute Gasteiger partial charge is 0.160 e. The number of pyridine rings is 2. The molecule has 0 unspecified atom stereocenters. The number of rotatable bonds is 12. The molecule has 0 fully saturated rings. The van der Waals surface area contributed by atoms with Crippen molar-refractivity contribution in [1.82, 2.24) is 29.9 Å². The fourth-order valence-corrected chi connectivity index (χ4v) is 10.6. The second-order valence-corrected chi connectivity index (χ2v) is 21.5. The largest absolute Gasteiger partial charge is 0.256 e. The Labute approximate surface area is 480 Å². The van der Waals surface area contributed by atoms with Crippen LogP contribution in [0.5, 0.6) is 0 Å². The molecule has 13 rings (SSSR count). The number of hydrogen-bond donors (Lipinski definition) is 0. The van der Waals surface area contributed by atoms with Crippen molar-refractivity contribution in [3.63, 3.8) is 0 Å². The van der Waals surface area contributed by atoms with Crippen molar-refractivity contribution >= 4 is 10.9 Å². The summed E-state index contributed by atoms with van der Waals surface area (Å²) >= 11 is 0. The molecule has 0 aliphatic carbocycles. The van der Waals surface area contributed by atoms with Crippen molar-refractivity contribution < 1.29 is 0 Å². The third-order valence-corrected chi connectivity index (χ3v) is 15.6. The standard InChI is InChI=1S/C40H31N3.C36H29N3/c1-40(2,33-22-18-28(19-23-33)35-17-9-15-31-16-10-26-41-38(31)35)34-24-20-32(21-25-34)39-42-36(29-11-5-3-6-12-29)27-37(43-39)30-13-7-4-8-14-30;1-36(2,30-20-16-28(17-21-30)32-15-9-10-24-37-32)31-22-18-29(19-23-31)35-38-33(26-11-5-3-6-12-26)25-34(39-35)27-13-7-4-8-14-27/h3-27H,1-2H3;3-25H,1-2H3. The predicted octanol–water partition coefficient (Wildman–Crippen LogP) is 18.9. The van der Waals surface area contributed by atoms with E-state index in [-0.39, 0.29) is 10.8 Å². The van der Waals surface area contributed by atoms with Crippen molar-refractivity contribution in [2.24, 2.45) is 0 Å². The van der Waals surface area contributed by atoms with E-state index >= 15 is 0 Å². The summed E-state index contributed by atoms with van der Waals surface area (Å²) < 4.78 is 0. The first-order valence-corrected chi connectivity index (χ1v) is 27.8. The average Bonchev–Trinajstić information content (AvgIpc) is 3.69. The second kappa shape index (κ2) is 23.2. The number of nitrogens with zero attached hydrogens (tertiary/aromatic N) is 6. The van der Waals surface area contributed by atoms with E-state index in [1.807, 2.05) is 109 Å². The van der Waals surface area contributed by atoms with Crippen LogP contribution in [0.25, 0.3) is 101 Å². The van der Waals surface area contributed by atoms with Crippen LogP contribution in [-0.4, -0.2) is 29.9 Å². The number of aromatic nitrogens is 6. The predicted molar refractivity (Wildman–Crippen MR) is 338 cm³/mol. The van der Waals surface area contributed by atoms with E-state index in [2.05, 4.69) is 220 Å². The summed E-state index contributed by atoms with van der Waals surface area (Å²) in [5.41, 5.74) is 20.0. The zero-order valence-corrected chi connectivity index (χ0v) is 46.4. The molecular formula is C76H60N6. The van der Waals surface area contributed by atoms with Crippen LogP contribution in [0, 0.1) is 0 Å². The highest BCUT2D eigenvalue weighted by molar-refractivity contribution is 5.93. The van der Waals surface area contributed by atoms with E-state index in [9.17, 15) is 0 Å². The minimum absolute atomic E-state index is 0.164. The molecule has 4 aromatic heterocycles. The second-order valence-electron chi connectivity index (χ2n) is 21.5. The van der Waals surface area contributed by atoms with E-state index in [0.29, 0.717) is 0 Å². The molecule has 0 saturated carbocycles. The van der Waals surface area contributed by atoms with Gasteiger partial charge in [0.15, 0.2) is 11.6 Å². The van der Waals surface area contributed by atoms with E-state index in [1.54, 1.807) is 0 Å². The third-order valence-electron chi connectivity index (χ3n) is 15.6. The fourth-order valence-electron chi connectivity index (χ4n) is 10.6. The minimum Gasteiger partial charge on any atom is -0.256 e. The number of fused-ring (bicyclic) bond motifs is 1. The molecule has 6 nitrogen and oxygen atoms in total. The molecule has 13 aromatic rings. The highest BCUT2D eigenvalue weighted by atomic mass is 14.9. The van der Waals surface area contributed by atoms with Crippen LogP contribution in [-0.2, 0) is 10.8 Å². The summed E-state index contributed by atoms with van der Waals surface area (Å²) in [7, 11) is 0. The Kier molecular flexibility index (Phi) is 14.8. The average molecular weight is 1060 g/mol. The molecule has 0 spiro atoms. The maximum absolute atomic E-state index is 4.99. The minimum atomic E-state index is -0.185. The summed E-state index contributed by atoms with van der Waals surface area (Å²) in [5, 5.41) is 1.15. The van der Waals surface area contributed by atoms with Gasteiger partial charge in [-0.3, -0.25) is 9.97 Å². The molecule has 0 aliphatic rings. The van der Waals surface area contributed by atoms with Crippen LogP contribution in [0.15, 0.2) is 291 Å². The maximum atomic E-state index is 4.99. The SMILES string of the molecule is CC(C)(c1ccc(-c2ccccn2)cc1)c1ccc(-c2nc(-c3ccccc3)cc(-c3ccccc3)n2)cc1.CC(C)(c1ccc(-c2nc(-c3ccccc3)cc(-c3ccccc3)n2)cc1)c1ccc(-c2cccc3cccnc23)cc1. The maximum Gasteiger partial charge on any atom is 0.160 e. The van der Waals surface area contributed by atoms with Gasteiger partial charge in [-0.2, -0.15) is 0 Å². The summed E-state index contributed by atoms with van der Waals surface area (Å²) in [6, 6.07) is 96.7. The third kappa shape index (κ3) is 11.3. The van der Waals surface area contributed by atoms with E-state index in [0.717, 1.165) is 95.5 Å². The van der Waals surface area contributed by atoms with Gasteiger partial charge in [-0.1, -0.05) is 276 Å². The first-order valence-electron chi connectivity index (χ1n) is 27.8. The van der Waals surface area contributed by atoms with Gasteiger partial charge in [0.05, 0.1) is 34.0 Å². The molecule has 82 heavy (non-hydrogen) atoms. The normalized spacial score (nSPS) is 11.4. The Morgan fingerprint density at radius 2 is 0.573 bits per heavy atom. The van der Waals surface area contributed by atoms with Crippen LogP contribution in [0.2, 0.25) is 0 Å². The monoisotopic (exact) mass is 1060 g/mol. The molecule has 0 atom stereocenters. The van der Waals surface area contributed by atoms with Gasteiger partial charge in [0.25, 0.3) is 0 Å². The molecule has 9 aromatic carbocycles. The number of para-hydroxylation sites is 1. The lowest BCUT2D eigenvalue weighted by Crippen LogP contribution is -2.18. The summed E-state index contributed by atoms with van der Waals surface area (Å²) in [4.78, 5) is 29.0. The van der Waals surface area contributed by atoms with E-state index < -0.39 is 0 Å². The van der Waals surface area contributed by atoms with Crippen molar-refractivity contribution in [2.75, 3.05) is 0 Å². The van der Waals surface area contributed by atoms with Gasteiger partial charge < -0.3 is 0 Å². The Morgan fingerprint density at radius 1 is 0.244 bits per heavy atom. The van der Waals surface area contributed by atoms with E-state index in [4.69, 9.17) is 19.9 Å². The number of hydrogen-bond acceptors (Lipinski definition) is 6. The van der Waals surface area contributed by atoms with Gasteiger partial charge >= 0.3 is 0 Å². The molecule has 0 radical (unpaired) electrons. The van der Waals surface area contributed by atoms with Gasteiger partial charge in [-0.25, -0.2) is 19.9 Å². The van der Waals surface area contributed by atoms with Gasteiger partial charge in [0.1, 0.15) is 0 Å². The van der Waals surface area contributed by atoms with Crippen LogP contribution in [0.1, 0.15) is 49.9 Å². The van der Waals surface area contributed by atoms with Crippen molar-refractivity contribution in [2.45, 2.75) is 38.5 Å². The van der Waals surface area contributed by atoms with Crippen molar-refractivity contribution in [3.05, 3.63) is 314 Å². The van der Waals surface area contributed by atoms with Crippen LogP contribution >= 0.6 is 0 Å². The molecule has 0 N–H and O–H groups in total. The Hall–Kier alpha value is -10.3. The zero-order valence-electron chi connectivity index (χ0n) is 46.4. The van der Waals surface area contributed by atoms with Crippen LogP contribution < -0.4 is 0 Å². The van der Waals surface area contributed by atoms with Crippen LogP contribution in [0.3, 0.4) is 0 Å². The molecular weight excluding hydrogens is 997 g/mol. The molecule has 4 heterocycles. The first-order chi connectivity index (χ1) is 40.1. The lowest BCUT2D eigenvalue weighted by molar-refractivity contribution is 0.641. The van der Waals surface area contributed by atoms with Gasteiger partial charge in [0, 0.05) is 73.1 Å². The Morgan fingerprint density at radius 3 is 0.951 bits per heavy atom. The molecule has 0 saturated heterocycles. The van der Waals surface area contributed by atoms with Gasteiger partial charge in [0.2, 0.25) is 0 Å². The highest BCUT2D eigenvalue weighted by Gasteiger charge is 2.25. The molecule has 0 aliphatic heterocycles. The highest BCUT2D eigenvalue weighted by Crippen LogP contribution is 2.38. The lowest BCUT2D eigenvalue weighted by Gasteiger charge is -2.26. The summed E-state index contributed by atoms with van der Waals surface area (Å²) in [5.74, 6) is 1.44. The molecule has 0 amide bonds. The first kappa shape index (κ1) is 52.4. The summed E-state index contributed by atoms with van der Waals surface area (Å²) in [6.45, 7) is 9.07. The molecule has 6 heteroatoms. The fraction of sp³-hybridized carbons (Fsp3) is 0.0789.